The maximum absolute atomic E-state index is 13.4. The average Bonchev–Trinajstić information content (AvgIpc) is 3.59. The molecule has 40 heavy (non-hydrogen) atoms. The highest BCUT2D eigenvalue weighted by Gasteiger charge is 2.31. The Bertz CT molecular complexity index is 1340. The molecule has 0 fully saturated rings. The number of amides is 4. The molecule has 0 radical (unpaired) electrons. The number of thiol groups is 1. The lowest BCUT2D eigenvalue weighted by atomic mass is 10.0. The average molecular weight is 573 g/mol. The quantitative estimate of drug-likeness (QED) is 0.0993. The Kier molecular flexibility index (Phi) is 10.7. The lowest BCUT2D eigenvalue weighted by Gasteiger charge is -2.25. The largest absolute Gasteiger partial charge is 0.480 e. The second-order valence-electron chi connectivity index (χ2n) is 9.16. The van der Waals surface area contributed by atoms with Crippen molar-refractivity contribution in [1.29, 1.82) is 0 Å². The highest BCUT2D eigenvalue weighted by atomic mass is 32.1. The first-order valence-electron chi connectivity index (χ1n) is 12.4. The number of nitrogens with one attached hydrogen (secondary N) is 5. The van der Waals surface area contributed by atoms with Gasteiger partial charge in [0, 0.05) is 54.0 Å². The number of nitrogens with zero attached hydrogens (tertiary/aromatic N) is 1. The third-order valence-corrected chi connectivity index (χ3v) is 6.56. The van der Waals surface area contributed by atoms with Crippen molar-refractivity contribution in [3.8, 4) is 0 Å². The van der Waals surface area contributed by atoms with Crippen LogP contribution in [-0.2, 0) is 36.8 Å². The van der Waals surface area contributed by atoms with E-state index in [1.807, 2.05) is 24.3 Å². The van der Waals surface area contributed by atoms with E-state index in [2.05, 4.69) is 43.5 Å². The Morgan fingerprint density at radius 2 is 1.62 bits per heavy atom. The van der Waals surface area contributed by atoms with Gasteiger partial charge in [-0.25, -0.2) is 9.78 Å². The van der Waals surface area contributed by atoms with Crippen molar-refractivity contribution in [2.75, 3.05) is 5.75 Å². The molecule has 2 aromatic heterocycles. The van der Waals surface area contributed by atoms with Gasteiger partial charge in [-0.3, -0.25) is 19.2 Å². The van der Waals surface area contributed by atoms with E-state index in [0.717, 1.165) is 10.9 Å². The van der Waals surface area contributed by atoms with Crippen LogP contribution in [0.2, 0.25) is 0 Å². The van der Waals surface area contributed by atoms with Crippen LogP contribution in [0.15, 0.2) is 43.0 Å². The summed E-state index contributed by atoms with van der Waals surface area (Å²) in [7, 11) is 0. The van der Waals surface area contributed by atoms with Crippen molar-refractivity contribution in [3.63, 3.8) is 0 Å². The number of primary amides is 1. The van der Waals surface area contributed by atoms with Crippen molar-refractivity contribution in [2.24, 2.45) is 11.5 Å². The van der Waals surface area contributed by atoms with Gasteiger partial charge in [-0.05, 0) is 18.1 Å². The van der Waals surface area contributed by atoms with E-state index in [4.69, 9.17) is 11.5 Å². The summed E-state index contributed by atoms with van der Waals surface area (Å²) >= 11 is 3.97. The van der Waals surface area contributed by atoms with Crippen molar-refractivity contribution in [3.05, 3.63) is 54.2 Å². The molecule has 0 aliphatic heterocycles. The zero-order valence-electron chi connectivity index (χ0n) is 21.4. The third kappa shape index (κ3) is 8.31. The normalized spacial score (nSPS) is 14.1. The molecule has 4 atom stereocenters. The number of aromatic nitrogens is 3. The Morgan fingerprint density at radius 3 is 2.27 bits per heavy atom. The number of H-pyrrole nitrogens is 2. The number of para-hydroxylation sites is 1. The molecule has 10 N–H and O–H groups in total. The Labute approximate surface area is 234 Å². The SMILES string of the molecule is NC(=O)CCC(NC(=O)C(N)CS)C(=O)NC(Cc1cnc[nH]1)C(=O)NC(Cc1c[nH]c2ccccc12)C(=O)O. The number of benzene rings is 1. The summed E-state index contributed by atoms with van der Waals surface area (Å²) in [6.07, 6.45) is 4.06. The standard InChI is InChI=1S/C25H32N8O6S/c26-16(11-40)22(35)31-18(5-6-21(27)34)23(36)32-19(8-14-10-28-12-30-14)24(37)33-20(25(38)39)7-13-9-29-17-4-2-1-3-15(13)17/h1-4,9-10,12,16,18-20,29,40H,5-8,11,26H2,(H2,27,34)(H,28,30)(H,31,35)(H,32,36)(H,33,37)(H,38,39). The molecule has 15 heteroatoms. The summed E-state index contributed by atoms with van der Waals surface area (Å²) in [6, 6.07) is 2.51. The molecule has 3 rings (SSSR count). The molecule has 0 aliphatic rings. The van der Waals surface area contributed by atoms with E-state index in [1.54, 1.807) is 6.20 Å². The predicted molar refractivity (Wildman–Crippen MR) is 148 cm³/mol. The van der Waals surface area contributed by atoms with E-state index in [1.165, 1.54) is 12.5 Å². The topological polar surface area (TPSA) is 238 Å². The van der Waals surface area contributed by atoms with Crippen molar-refractivity contribution >= 4 is 53.1 Å². The van der Waals surface area contributed by atoms with Crippen LogP contribution < -0.4 is 27.4 Å². The minimum Gasteiger partial charge on any atom is -0.480 e. The Hall–Kier alpha value is -4.37. The smallest absolute Gasteiger partial charge is 0.326 e. The Balaban J connectivity index is 1.79. The van der Waals surface area contributed by atoms with Crippen LogP contribution in [0.3, 0.4) is 0 Å². The zero-order valence-corrected chi connectivity index (χ0v) is 22.3. The second kappa shape index (κ2) is 14.1. The fourth-order valence-electron chi connectivity index (χ4n) is 4.01. The number of hydrogen-bond donors (Lipinski definition) is 9. The highest BCUT2D eigenvalue weighted by molar-refractivity contribution is 7.80. The first kappa shape index (κ1) is 30.2. The molecule has 0 bridgehead atoms. The number of fused-ring (bicyclic) bond motifs is 1. The van der Waals surface area contributed by atoms with Crippen molar-refractivity contribution in [1.82, 2.24) is 30.9 Å². The van der Waals surface area contributed by atoms with E-state index < -0.39 is 53.8 Å². The summed E-state index contributed by atoms with van der Waals surface area (Å²) in [5.41, 5.74) is 12.9. The molecule has 2 heterocycles. The van der Waals surface area contributed by atoms with Gasteiger partial charge in [0.05, 0.1) is 12.4 Å². The predicted octanol–water partition coefficient (Wildman–Crippen LogP) is -1.26. The maximum Gasteiger partial charge on any atom is 0.326 e. The van der Waals surface area contributed by atoms with Gasteiger partial charge in [-0.15, -0.1) is 0 Å². The maximum atomic E-state index is 13.4. The van der Waals surface area contributed by atoms with Gasteiger partial charge in [0.2, 0.25) is 23.6 Å². The zero-order chi connectivity index (χ0) is 29.2. The van der Waals surface area contributed by atoms with Gasteiger partial charge < -0.3 is 42.5 Å². The number of aliphatic carboxylic acids is 1. The number of hydrogen-bond acceptors (Lipinski definition) is 8. The van der Waals surface area contributed by atoms with Gasteiger partial charge in [0.1, 0.15) is 18.1 Å². The molecule has 0 saturated heterocycles. The van der Waals surface area contributed by atoms with Crippen LogP contribution in [0.5, 0.6) is 0 Å². The van der Waals surface area contributed by atoms with E-state index in [-0.39, 0.29) is 31.4 Å². The molecular formula is C25H32N8O6S. The summed E-state index contributed by atoms with van der Waals surface area (Å²) in [5, 5.41) is 18.2. The van der Waals surface area contributed by atoms with Gasteiger partial charge in [-0.2, -0.15) is 12.6 Å². The molecule has 4 amide bonds. The molecular weight excluding hydrogens is 540 g/mol. The van der Waals surface area contributed by atoms with Crippen LogP contribution in [0.4, 0.5) is 0 Å². The summed E-state index contributed by atoms with van der Waals surface area (Å²) < 4.78 is 0. The van der Waals surface area contributed by atoms with Crippen molar-refractivity contribution in [2.45, 2.75) is 49.9 Å². The first-order chi connectivity index (χ1) is 19.1. The Morgan fingerprint density at radius 1 is 0.950 bits per heavy atom. The van der Waals surface area contributed by atoms with Crippen LogP contribution >= 0.6 is 12.6 Å². The number of carboxylic acid groups (broad SMARTS) is 1. The fourth-order valence-corrected chi connectivity index (χ4v) is 4.17. The minimum atomic E-state index is -1.31. The second-order valence-corrected chi connectivity index (χ2v) is 9.53. The molecule has 3 aromatic rings. The number of carboxylic acids is 1. The molecule has 14 nitrogen and oxygen atoms in total. The van der Waals surface area contributed by atoms with Gasteiger partial charge in [0.15, 0.2) is 0 Å². The van der Waals surface area contributed by atoms with Crippen LogP contribution in [0.25, 0.3) is 10.9 Å². The van der Waals surface area contributed by atoms with E-state index in [9.17, 15) is 29.1 Å². The van der Waals surface area contributed by atoms with E-state index in [0.29, 0.717) is 11.3 Å². The van der Waals surface area contributed by atoms with Gasteiger partial charge in [-0.1, -0.05) is 18.2 Å². The third-order valence-electron chi connectivity index (χ3n) is 6.17. The van der Waals surface area contributed by atoms with E-state index >= 15 is 0 Å². The number of rotatable bonds is 15. The summed E-state index contributed by atoms with van der Waals surface area (Å²) in [6.45, 7) is 0. The van der Waals surface area contributed by atoms with Gasteiger partial charge >= 0.3 is 5.97 Å². The van der Waals surface area contributed by atoms with Crippen molar-refractivity contribution < 1.29 is 29.1 Å². The lowest BCUT2D eigenvalue weighted by Crippen LogP contribution is -2.58. The minimum absolute atomic E-state index is 0.00779. The molecule has 0 spiro atoms. The number of imidazole rings is 1. The monoisotopic (exact) mass is 572 g/mol. The molecule has 1 aromatic carbocycles. The first-order valence-corrected chi connectivity index (χ1v) is 13.0. The van der Waals surface area contributed by atoms with Crippen LogP contribution in [0.1, 0.15) is 24.1 Å². The van der Waals surface area contributed by atoms with Crippen LogP contribution in [0, 0.1) is 0 Å². The summed E-state index contributed by atoms with van der Waals surface area (Å²) in [5.74, 6) is -4.20. The number of carbonyl (C=O) groups excluding carboxylic acids is 4. The van der Waals surface area contributed by atoms with Gasteiger partial charge in [0.25, 0.3) is 0 Å². The van der Waals surface area contributed by atoms with Crippen LogP contribution in [-0.4, -0.2) is 79.6 Å². The number of nitrogens with two attached hydrogens (primary N) is 2. The molecule has 4 unspecified atom stereocenters. The molecule has 0 saturated carbocycles. The molecule has 0 aliphatic carbocycles. The number of aromatic amines is 2. The lowest BCUT2D eigenvalue weighted by molar-refractivity contribution is -0.142. The number of carbonyl (C=O) groups is 5. The summed E-state index contributed by atoms with van der Waals surface area (Å²) in [4.78, 5) is 72.1. The molecule has 214 valence electrons. The highest BCUT2D eigenvalue weighted by Crippen LogP contribution is 2.19. The fraction of sp³-hybridized carbons (Fsp3) is 0.360.